The Morgan fingerprint density at radius 2 is 0.679 bits per heavy atom. The Hall–Kier alpha value is -2.35. The van der Waals surface area contributed by atoms with Gasteiger partial charge in [-0.15, -0.1) is 0 Å². The summed E-state index contributed by atoms with van der Waals surface area (Å²) in [6, 6.07) is 18.4. The van der Waals surface area contributed by atoms with Crippen molar-refractivity contribution in [3.8, 4) is 17.2 Å². The maximum Gasteiger partial charge on any atom is 2.00 e. The molecule has 0 aliphatic carbocycles. The largest absolute Gasteiger partial charge is 2.00 e. The second-order valence-electron chi connectivity index (χ2n) is 4.97. The van der Waals surface area contributed by atoms with Crippen molar-refractivity contribution in [3.63, 3.8) is 0 Å². The van der Waals surface area contributed by atoms with Gasteiger partial charge < -0.3 is 15.3 Å². The minimum absolute atomic E-state index is 0. The van der Waals surface area contributed by atoms with Crippen molar-refractivity contribution < 1.29 is 79.1 Å². The molecule has 0 aliphatic heterocycles. The molecule has 0 bridgehead atoms. The van der Waals surface area contributed by atoms with Crippen molar-refractivity contribution in [1.82, 2.24) is 0 Å². The molecule has 3 rings (SSSR count). The Kier molecular flexibility index (Phi) is 13.5. The summed E-state index contributed by atoms with van der Waals surface area (Å²) in [7, 11) is 0. The van der Waals surface area contributed by atoms with Gasteiger partial charge in [0.05, 0.1) is 0 Å². The summed E-state index contributed by atoms with van der Waals surface area (Å²) in [6.45, 7) is 0. The van der Waals surface area contributed by atoms with Gasteiger partial charge in [0.1, 0.15) is 18.9 Å². The quantitative estimate of drug-likeness (QED) is 0.490. The van der Waals surface area contributed by atoms with E-state index in [2.05, 4.69) is 0 Å². The number of hydrogen-bond donors (Lipinski definition) is 0. The van der Waals surface area contributed by atoms with Gasteiger partial charge in [-0.2, -0.15) is 0 Å². The van der Waals surface area contributed by atoms with E-state index < -0.39 is 0 Å². The van der Waals surface area contributed by atoms with Crippen LogP contribution in [-0.2, 0) is 0 Å². The van der Waals surface area contributed by atoms with Gasteiger partial charge in [0.25, 0.3) is 0 Å². The topological polar surface area (TPSA) is 120 Å². The monoisotopic (exact) mass is 516 g/mol. The molecule has 0 amide bonds. The number of para-hydroxylation sites is 3. The van der Waals surface area contributed by atoms with Crippen LogP contribution < -0.4 is 15.3 Å². The molecule has 0 atom stereocenters. The molecule has 1 radical (unpaired) electrons. The zero-order valence-electron chi connectivity index (χ0n) is 14.5. The van der Waals surface area contributed by atoms with Crippen LogP contribution in [0.3, 0.4) is 0 Å². The molecule has 0 fully saturated rings. The first kappa shape index (κ1) is 25.7. The number of carbonyl (C=O) groups is 3. The van der Waals surface area contributed by atoms with Gasteiger partial charge in [-0.1, -0.05) is 90.0 Å². The fraction of sp³-hybridized carbons (Fsp3) is 0. The number of rotatable bonds is 3. The van der Waals surface area contributed by atoms with E-state index in [-0.39, 0.29) is 83.3 Å². The summed E-state index contributed by atoms with van der Waals surface area (Å²) in [5.74, 6) is -0.646. The molecule has 6 nitrogen and oxygen atoms in total. The van der Waals surface area contributed by atoms with Crippen LogP contribution >= 0.6 is 0 Å². The number of aldehydes is 3. The molecule has 0 saturated carbocycles. The van der Waals surface area contributed by atoms with E-state index in [0.29, 0.717) is 18.9 Å². The van der Waals surface area contributed by atoms with Crippen LogP contribution in [0, 0.1) is 49.4 Å². The van der Waals surface area contributed by atoms with E-state index >= 15 is 0 Å². The Morgan fingerprint density at radius 1 is 0.464 bits per heavy atom. The van der Waals surface area contributed by atoms with Crippen LogP contribution in [0.1, 0.15) is 31.1 Å². The van der Waals surface area contributed by atoms with Gasteiger partial charge in [-0.25, -0.2) is 0 Å². The maximum absolute atomic E-state index is 10.6. The maximum atomic E-state index is 10.6. The molecule has 28 heavy (non-hydrogen) atoms. The van der Waals surface area contributed by atoms with E-state index in [0.717, 1.165) is 0 Å². The fourth-order valence-electron chi connectivity index (χ4n) is 1.73. The Balaban J connectivity index is 0.000000384. The second kappa shape index (κ2) is 14.7. The van der Waals surface area contributed by atoms with E-state index in [1.807, 2.05) is 0 Å². The second-order valence-corrected chi connectivity index (χ2v) is 4.97. The third-order valence-electron chi connectivity index (χ3n) is 3.14. The molecule has 0 heterocycles. The molecule has 3 aromatic carbocycles. The van der Waals surface area contributed by atoms with Gasteiger partial charge >= 0.3 is 49.4 Å². The van der Waals surface area contributed by atoms with Crippen molar-refractivity contribution in [1.29, 1.82) is 0 Å². The molecule has 0 saturated heterocycles. The van der Waals surface area contributed by atoms with Crippen LogP contribution in [-0.4, -0.2) is 18.9 Å². The van der Waals surface area contributed by atoms with Crippen molar-refractivity contribution >= 4 is 18.9 Å². The molecule has 0 spiro atoms. The average Bonchev–Trinajstić information content (AvgIpc) is 2.70. The first-order chi connectivity index (χ1) is 13.0. The van der Waals surface area contributed by atoms with Crippen LogP contribution in [0.15, 0.2) is 72.8 Å². The summed E-state index contributed by atoms with van der Waals surface area (Å²) in [5, 5.41) is 31.9. The Bertz CT molecular complexity index is 778. The predicted octanol–water partition coefficient (Wildman–Crippen LogP) is 1.72. The minimum Gasteiger partial charge on any atom is -0.872 e. The number of carbonyl (C=O) groups excluding carboxylic acids is 3. The van der Waals surface area contributed by atoms with Crippen molar-refractivity contribution in [2.45, 2.75) is 0 Å². The standard InChI is InChI=1S/3C7H6O2.Eu/c3*8-5-6-3-1-2-4-7(6)9;/h3*1-5,9H;/q;;;+2/p-3. The van der Waals surface area contributed by atoms with E-state index in [1.54, 1.807) is 36.4 Å². The number of hydrogen-bond acceptors (Lipinski definition) is 6. The SMILES string of the molecule is O=Cc1ccccc1[O-].O=Cc1ccccc1[O-].O=Cc1ccccc1[O-].[Eu+2]. The minimum atomic E-state index is -0.215. The molecule has 143 valence electrons. The Morgan fingerprint density at radius 3 is 0.821 bits per heavy atom. The molecule has 7 heteroatoms. The molecule has 0 aromatic heterocycles. The summed E-state index contributed by atoms with van der Waals surface area (Å²) in [4.78, 5) is 30.1. The zero-order chi connectivity index (χ0) is 20.1. The third kappa shape index (κ3) is 9.04. The molecular formula is C21H15EuO6-. The van der Waals surface area contributed by atoms with Crippen LogP contribution in [0.5, 0.6) is 17.2 Å². The average molecular weight is 515 g/mol. The third-order valence-corrected chi connectivity index (χ3v) is 3.14. The van der Waals surface area contributed by atoms with Gasteiger partial charge in [-0.05, 0) is 0 Å². The number of benzene rings is 3. The van der Waals surface area contributed by atoms with Crippen molar-refractivity contribution in [2.75, 3.05) is 0 Å². The Labute approximate surface area is 203 Å². The molecular weight excluding hydrogens is 500 g/mol. The normalized spacial score (nSPS) is 8.57. The van der Waals surface area contributed by atoms with E-state index in [1.165, 1.54) is 36.4 Å². The molecule has 0 aliphatic rings. The van der Waals surface area contributed by atoms with Crippen molar-refractivity contribution in [2.24, 2.45) is 0 Å². The van der Waals surface area contributed by atoms with Gasteiger partial charge in [0, 0.05) is 16.7 Å². The smallest absolute Gasteiger partial charge is 0.872 e. The summed E-state index contributed by atoms with van der Waals surface area (Å²) in [5.41, 5.74) is 0.660. The van der Waals surface area contributed by atoms with E-state index in [4.69, 9.17) is 0 Å². The molecule has 3 aromatic rings. The first-order valence-electron chi connectivity index (χ1n) is 7.67. The summed E-state index contributed by atoms with van der Waals surface area (Å²) >= 11 is 0. The van der Waals surface area contributed by atoms with E-state index in [9.17, 15) is 29.7 Å². The van der Waals surface area contributed by atoms with Crippen molar-refractivity contribution in [3.05, 3.63) is 89.5 Å². The summed E-state index contributed by atoms with van der Waals surface area (Å²) < 4.78 is 0. The fourth-order valence-corrected chi connectivity index (χ4v) is 1.73. The molecule has 0 unspecified atom stereocenters. The van der Waals surface area contributed by atoms with Gasteiger partial charge in [-0.3, -0.25) is 14.4 Å². The van der Waals surface area contributed by atoms with Crippen LogP contribution in [0.25, 0.3) is 0 Å². The summed E-state index contributed by atoms with van der Waals surface area (Å²) in [6.07, 6.45) is 1.67. The van der Waals surface area contributed by atoms with Gasteiger partial charge in [0.15, 0.2) is 0 Å². The predicted molar refractivity (Wildman–Crippen MR) is 93.8 cm³/mol. The van der Waals surface area contributed by atoms with Crippen LogP contribution in [0.4, 0.5) is 0 Å². The zero-order valence-corrected chi connectivity index (χ0v) is 16.9. The molecule has 0 N–H and O–H groups in total. The van der Waals surface area contributed by atoms with Gasteiger partial charge in [0.2, 0.25) is 0 Å². The first-order valence-corrected chi connectivity index (χ1v) is 7.67. The van der Waals surface area contributed by atoms with Crippen LogP contribution in [0.2, 0.25) is 0 Å².